The first kappa shape index (κ1) is 26.4. The second kappa shape index (κ2) is 11.4. The normalized spacial score (nSPS) is 16.2. The Labute approximate surface area is 235 Å². The minimum Gasteiger partial charge on any atom is -0.508 e. The molecule has 0 saturated carbocycles. The molecule has 2 saturated heterocycles. The first-order valence-corrected chi connectivity index (χ1v) is 13.6. The SMILES string of the molecule is O=C(O)NC1CCN(C(=O)c2ccc(Cn3nnc4c(N5CCOCC5)nc(-c5cccc(O)c5)nc43)cc2)CC1. The number of nitrogens with one attached hydrogen (secondary N) is 1. The van der Waals surface area contributed by atoms with Crippen LogP contribution in [0.5, 0.6) is 5.75 Å². The fraction of sp³-hybridized carbons (Fsp3) is 0.357. The van der Waals surface area contributed by atoms with Gasteiger partial charge in [-0.3, -0.25) is 4.79 Å². The predicted octanol–water partition coefficient (Wildman–Crippen LogP) is 2.35. The maximum atomic E-state index is 13.0. The van der Waals surface area contributed by atoms with Gasteiger partial charge in [0, 0.05) is 43.3 Å². The second-order valence-corrected chi connectivity index (χ2v) is 10.2. The highest BCUT2D eigenvalue weighted by molar-refractivity contribution is 5.94. The predicted molar refractivity (Wildman–Crippen MR) is 149 cm³/mol. The fourth-order valence-electron chi connectivity index (χ4n) is 5.23. The van der Waals surface area contributed by atoms with E-state index in [-0.39, 0.29) is 17.7 Å². The van der Waals surface area contributed by atoms with E-state index >= 15 is 0 Å². The summed E-state index contributed by atoms with van der Waals surface area (Å²) in [5.41, 5.74) is 3.33. The maximum Gasteiger partial charge on any atom is 0.404 e. The van der Waals surface area contributed by atoms with Crippen molar-refractivity contribution in [1.82, 2.24) is 35.2 Å². The molecular formula is C28H30N8O5. The lowest BCUT2D eigenvalue weighted by Crippen LogP contribution is -2.46. The van der Waals surface area contributed by atoms with Crippen LogP contribution in [0.15, 0.2) is 48.5 Å². The molecule has 13 nitrogen and oxygen atoms in total. The molecule has 212 valence electrons. The Balaban J connectivity index is 1.23. The number of benzene rings is 2. The molecule has 0 aliphatic carbocycles. The van der Waals surface area contributed by atoms with Crippen molar-refractivity contribution in [3.63, 3.8) is 0 Å². The van der Waals surface area contributed by atoms with E-state index in [2.05, 4.69) is 20.5 Å². The van der Waals surface area contributed by atoms with E-state index in [1.165, 1.54) is 0 Å². The minimum atomic E-state index is -1.04. The van der Waals surface area contributed by atoms with Crippen LogP contribution in [0.2, 0.25) is 0 Å². The number of phenolic OH excluding ortho intramolecular Hbond substituents is 1. The molecule has 3 N–H and O–H groups in total. The number of fused-ring (bicyclic) bond motifs is 1. The number of piperidine rings is 1. The number of carboxylic acid groups (broad SMARTS) is 1. The summed E-state index contributed by atoms with van der Waals surface area (Å²) in [4.78, 5) is 37.4. The van der Waals surface area contributed by atoms with Crippen molar-refractivity contribution in [2.24, 2.45) is 0 Å². The number of anilines is 1. The highest BCUT2D eigenvalue weighted by Crippen LogP contribution is 2.28. The first-order chi connectivity index (χ1) is 19.9. The van der Waals surface area contributed by atoms with Crippen LogP contribution in [0.1, 0.15) is 28.8 Å². The lowest BCUT2D eigenvalue weighted by molar-refractivity contribution is 0.0706. The Hall–Kier alpha value is -4.78. The molecule has 0 atom stereocenters. The van der Waals surface area contributed by atoms with Gasteiger partial charge in [-0.05, 0) is 42.7 Å². The molecule has 2 fully saturated rings. The summed E-state index contributed by atoms with van der Waals surface area (Å²) in [7, 11) is 0. The number of rotatable bonds is 6. The van der Waals surface area contributed by atoms with Crippen LogP contribution in [0.4, 0.5) is 10.6 Å². The summed E-state index contributed by atoms with van der Waals surface area (Å²) >= 11 is 0. The van der Waals surface area contributed by atoms with Crippen molar-refractivity contribution in [3.8, 4) is 17.1 Å². The number of phenols is 1. The Bertz CT molecular complexity index is 1560. The number of hydrogen-bond acceptors (Lipinski definition) is 9. The number of hydrogen-bond donors (Lipinski definition) is 3. The van der Waals surface area contributed by atoms with E-state index in [9.17, 15) is 14.7 Å². The van der Waals surface area contributed by atoms with E-state index in [1.54, 1.807) is 39.9 Å². The highest BCUT2D eigenvalue weighted by Gasteiger charge is 2.25. The molecule has 4 heterocycles. The van der Waals surface area contributed by atoms with Gasteiger partial charge in [0.25, 0.3) is 5.91 Å². The van der Waals surface area contributed by atoms with Gasteiger partial charge in [0.1, 0.15) is 5.75 Å². The number of nitrogens with zero attached hydrogens (tertiary/aromatic N) is 7. The smallest absolute Gasteiger partial charge is 0.404 e. The molecule has 4 aromatic rings. The van der Waals surface area contributed by atoms with Crippen molar-refractivity contribution in [3.05, 3.63) is 59.7 Å². The molecule has 2 amide bonds. The van der Waals surface area contributed by atoms with Crippen molar-refractivity contribution in [2.75, 3.05) is 44.3 Å². The Morgan fingerprint density at radius 1 is 1.00 bits per heavy atom. The number of aromatic nitrogens is 5. The maximum absolute atomic E-state index is 13.0. The minimum absolute atomic E-state index is 0.0739. The Kier molecular flexibility index (Phi) is 7.33. The summed E-state index contributed by atoms with van der Waals surface area (Å²) in [5.74, 6) is 1.18. The van der Waals surface area contributed by atoms with Crippen LogP contribution >= 0.6 is 0 Å². The number of aromatic hydroxyl groups is 1. The summed E-state index contributed by atoms with van der Waals surface area (Å²) in [6.45, 7) is 3.90. The van der Waals surface area contributed by atoms with Crippen molar-refractivity contribution >= 4 is 29.0 Å². The van der Waals surface area contributed by atoms with Crippen LogP contribution in [0.3, 0.4) is 0 Å². The molecule has 2 aromatic carbocycles. The van der Waals surface area contributed by atoms with Gasteiger partial charge in [-0.2, -0.15) is 0 Å². The van der Waals surface area contributed by atoms with Crippen molar-refractivity contribution in [1.29, 1.82) is 0 Å². The van der Waals surface area contributed by atoms with Crippen LogP contribution < -0.4 is 10.2 Å². The molecule has 13 heteroatoms. The van der Waals surface area contributed by atoms with Gasteiger partial charge in [-0.25, -0.2) is 19.4 Å². The Morgan fingerprint density at radius 3 is 2.46 bits per heavy atom. The van der Waals surface area contributed by atoms with E-state index < -0.39 is 6.09 Å². The summed E-state index contributed by atoms with van der Waals surface area (Å²) < 4.78 is 7.23. The van der Waals surface area contributed by atoms with Gasteiger partial charge < -0.3 is 30.1 Å². The molecular weight excluding hydrogens is 528 g/mol. The number of carbonyl (C=O) groups is 2. The van der Waals surface area contributed by atoms with E-state index in [0.29, 0.717) is 92.7 Å². The van der Waals surface area contributed by atoms with Gasteiger partial charge in [-0.15, -0.1) is 5.10 Å². The second-order valence-electron chi connectivity index (χ2n) is 10.2. The molecule has 0 bridgehead atoms. The lowest BCUT2D eigenvalue weighted by atomic mass is 10.0. The Morgan fingerprint density at radius 2 is 1.76 bits per heavy atom. The molecule has 2 aliphatic heterocycles. The van der Waals surface area contributed by atoms with E-state index in [4.69, 9.17) is 19.8 Å². The standard InChI is InChI=1S/C28H30N8O5/c37-22-3-1-2-20(16-22)24-30-25(34-12-14-41-15-13-34)23-26(31-24)36(33-32-23)17-18-4-6-19(7-5-18)27(38)35-10-8-21(9-11-35)29-28(39)40/h1-7,16,21,29,37H,8-15,17H2,(H,39,40). The average Bonchev–Trinajstić information content (AvgIpc) is 3.39. The summed E-state index contributed by atoms with van der Waals surface area (Å²) in [6.07, 6.45) is 0.146. The third kappa shape index (κ3) is 5.75. The molecule has 0 spiro atoms. The largest absolute Gasteiger partial charge is 0.508 e. The van der Waals surface area contributed by atoms with Gasteiger partial charge in [0.15, 0.2) is 22.8 Å². The van der Waals surface area contributed by atoms with Crippen LogP contribution in [0, 0.1) is 0 Å². The van der Waals surface area contributed by atoms with Crippen molar-refractivity contribution < 1.29 is 24.5 Å². The monoisotopic (exact) mass is 558 g/mol. The van der Waals surface area contributed by atoms with Crippen LogP contribution in [-0.4, -0.2) is 97.5 Å². The molecule has 0 unspecified atom stereocenters. The first-order valence-electron chi connectivity index (χ1n) is 13.6. The highest BCUT2D eigenvalue weighted by atomic mass is 16.5. The average molecular weight is 559 g/mol. The van der Waals surface area contributed by atoms with Crippen LogP contribution in [-0.2, 0) is 11.3 Å². The quantitative estimate of drug-likeness (QED) is 0.321. The molecule has 2 aliphatic rings. The summed E-state index contributed by atoms with van der Waals surface area (Å²) in [5, 5.41) is 30.3. The number of likely N-dealkylation sites (tertiary alicyclic amines) is 1. The van der Waals surface area contributed by atoms with Crippen molar-refractivity contribution in [2.45, 2.75) is 25.4 Å². The number of carbonyl (C=O) groups excluding carboxylic acids is 1. The summed E-state index contributed by atoms with van der Waals surface area (Å²) in [6, 6.07) is 14.1. The molecule has 41 heavy (non-hydrogen) atoms. The fourth-order valence-corrected chi connectivity index (χ4v) is 5.23. The van der Waals surface area contributed by atoms with E-state index in [0.717, 1.165) is 5.56 Å². The third-order valence-corrected chi connectivity index (χ3v) is 7.40. The van der Waals surface area contributed by atoms with Gasteiger partial charge in [0.05, 0.1) is 19.8 Å². The lowest BCUT2D eigenvalue weighted by Gasteiger charge is -2.31. The number of morpholine rings is 1. The van der Waals surface area contributed by atoms with Gasteiger partial charge >= 0.3 is 6.09 Å². The topological polar surface area (TPSA) is 159 Å². The zero-order valence-corrected chi connectivity index (χ0v) is 22.3. The molecule has 6 rings (SSSR count). The number of ether oxygens (including phenoxy) is 1. The van der Waals surface area contributed by atoms with Gasteiger partial charge in [0.2, 0.25) is 0 Å². The molecule has 2 aromatic heterocycles. The third-order valence-electron chi connectivity index (χ3n) is 7.40. The zero-order chi connectivity index (χ0) is 28.3. The van der Waals surface area contributed by atoms with E-state index in [1.807, 2.05) is 18.2 Å². The van der Waals surface area contributed by atoms with Crippen LogP contribution in [0.25, 0.3) is 22.6 Å². The van der Waals surface area contributed by atoms with Gasteiger partial charge in [-0.1, -0.05) is 29.5 Å². The molecule has 0 radical (unpaired) electrons. The number of amides is 2. The zero-order valence-electron chi connectivity index (χ0n) is 22.3.